The zero-order valence-electron chi connectivity index (χ0n) is 6.50. The van der Waals surface area contributed by atoms with Crippen molar-refractivity contribution in [3.8, 4) is 12.3 Å². The molecule has 0 fully saturated rings. The van der Waals surface area contributed by atoms with Gasteiger partial charge in [-0.1, -0.05) is 0 Å². The van der Waals surface area contributed by atoms with Gasteiger partial charge in [0.15, 0.2) is 0 Å². The molecule has 1 aromatic heterocycles. The Morgan fingerprint density at radius 2 is 2.42 bits per heavy atom. The van der Waals surface area contributed by atoms with Gasteiger partial charge in [0.25, 0.3) is 0 Å². The lowest BCUT2D eigenvalue weighted by molar-refractivity contribution is 0.612. The summed E-state index contributed by atoms with van der Waals surface area (Å²) in [5.74, 6) is 2.02. The number of hydrogen-bond acceptors (Lipinski definition) is 2. The van der Waals surface area contributed by atoms with Crippen molar-refractivity contribution in [2.24, 2.45) is 5.73 Å². The molecule has 0 aliphatic heterocycles. The Hall–Kier alpha value is -1.40. The third-order valence-electron chi connectivity index (χ3n) is 1.49. The van der Waals surface area contributed by atoms with Crippen molar-refractivity contribution < 1.29 is 4.39 Å². The molecule has 62 valence electrons. The monoisotopic (exact) mass is 164 g/mol. The first kappa shape index (κ1) is 8.69. The minimum atomic E-state index is -0.389. The van der Waals surface area contributed by atoms with Gasteiger partial charge in [-0.2, -0.15) is 0 Å². The predicted molar refractivity (Wildman–Crippen MR) is 44.6 cm³/mol. The van der Waals surface area contributed by atoms with Crippen LogP contribution in [-0.4, -0.2) is 4.98 Å². The summed E-state index contributed by atoms with van der Waals surface area (Å²) in [7, 11) is 0. The van der Waals surface area contributed by atoms with E-state index in [0.29, 0.717) is 12.0 Å². The van der Waals surface area contributed by atoms with Crippen molar-refractivity contribution in [3.63, 3.8) is 0 Å². The SMILES string of the molecule is C#CCC(N)c1cncc(F)c1. The number of halogens is 1. The maximum Gasteiger partial charge on any atom is 0.141 e. The number of rotatable bonds is 2. The van der Waals surface area contributed by atoms with Crippen molar-refractivity contribution in [1.82, 2.24) is 4.98 Å². The van der Waals surface area contributed by atoms with E-state index in [1.807, 2.05) is 0 Å². The van der Waals surface area contributed by atoms with Crippen LogP contribution < -0.4 is 5.73 Å². The molecule has 0 radical (unpaired) electrons. The quantitative estimate of drug-likeness (QED) is 0.668. The predicted octanol–water partition coefficient (Wildman–Crippen LogP) is 1.24. The summed E-state index contributed by atoms with van der Waals surface area (Å²) in [6.45, 7) is 0. The van der Waals surface area contributed by atoms with Crippen LogP contribution in [0.25, 0.3) is 0 Å². The van der Waals surface area contributed by atoms with E-state index in [4.69, 9.17) is 12.2 Å². The number of hydrogen-bond donors (Lipinski definition) is 1. The summed E-state index contributed by atoms with van der Waals surface area (Å²) in [5, 5.41) is 0. The van der Waals surface area contributed by atoms with Gasteiger partial charge in [0, 0.05) is 18.7 Å². The topological polar surface area (TPSA) is 38.9 Å². The molecule has 0 aromatic carbocycles. The molecule has 3 heteroatoms. The van der Waals surface area contributed by atoms with Crippen LogP contribution in [0.2, 0.25) is 0 Å². The molecule has 0 bridgehead atoms. The molecule has 1 aromatic rings. The van der Waals surface area contributed by atoms with E-state index in [1.54, 1.807) is 0 Å². The molecule has 0 aliphatic carbocycles. The van der Waals surface area contributed by atoms with Gasteiger partial charge in [0.05, 0.1) is 6.20 Å². The summed E-state index contributed by atoms with van der Waals surface area (Å²) < 4.78 is 12.6. The lowest BCUT2D eigenvalue weighted by Gasteiger charge is -2.06. The second kappa shape index (κ2) is 3.84. The van der Waals surface area contributed by atoms with Crippen LogP contribution in [0.3, 0.4) is 0 Å². The smallest absolute Gasteiger partial charge is 0.141 e. The molecule has 2 nitrogen and oxygen atoms in total. The fourth-order valence-corrected chi connectivity index (χ4v) is 0.876. The fraction of sp³-hybridized carbons (Fsp3) is 0.222. The third kappa shape index (κ3) is 2.04. The highest BCUT2D eigenvalue weighted by Crippen LogP contribution is 2.12. The minimum absolute atomic E-state index is 0.321. The highest BCUT2D eigenvalue weighted by molar-refractivity contribution is 5.16. The van der Waals surface area contributed by atoms with E-state index in [2.05, 4.69) is 10.9 Å². The third-order valence-corrected chi connectivity index (χ3v) is 1.49. The van der Waals surface area contributed by atoms with Crippen LogP contribution in [-0.2, 0) is 0 Å². The normalized spacial score (nSPS) is 12.1. The number of terminal acetylenes is 1. The summed E-state index contributed by atoms with van der Waals surface area (Å²) in [5.41, 5.74) is 6.26. The van der Waals surface area contributed by atoms with Crippen molar-refractivity contribution in [1.29, 1.82) is 0 Å². The number of pyridine rings is 1. The Morgan fingerprint density at radius 3 is 3.00 bits per heavy atom. The van der Waals surface area contributed by atoms with Gasteiger partial charge in [0.1, 0.15) is 5.82 Å². The van der Waals surface area contributed by atoms with Crippen LogP contribution in [0.5, 0.6) is 0 Å². The van der Waals surface area contributed by atoms with E-state index in [9.17, 15) is 4.39 Å². The van der Waals surface area contributed by atoms with Crippen LogP contribution in [0.4, 0.5) is 4.39 Å². The van der Waals surface area contributed by atoms with Gasteiger partial charge in [-0.3, -0.25) is 4.98 Å². The van der Waals surface area contributed by atoms with Crippen molar-refractivity contribution >= 4 is 0 Å². The molecular weight excluding hydrogens is 155 g/mol. The van der Waals surface area contributed by atoms with E-state index >= 15 is 0 Å². The van der Waals surface area contributed by atoms with Crippen LogP contribution >= 0.6 is 0 Å². The Balaban J connectivity index is 2.82. The largest absolute Gasteiger partial charge is 0.323 e. The van der Waals surface area contributed by atoms with Gasteiger partial charge in [-0.05, 0) is 11.6 Å². The number of nitrogens with zero attached hydrogens (tertiary/aromatic N) is 1. The second-order valence-corrected chi connectivity index (χ2v) is 2.45. The fourth-order valence-electron chi connectivity index (χ4n) is 0.876. The standard InChI is InChI=1S/C9H9FN2/c1-2-3-9(11)7-4-8(10)6-12-5-7/h1,4-6,9H,3,11H2. The zero-order chi connectivity index (χ0) is 8.97. The Morgan fingerprint density at radius 1 is 1.67 bits per heavy atom. The van der Waals surface area contributed by atoms with Gasteiger partial charge in [-0.25, -0.2) is 4.39 Å². The van der Waals surface area contributed by atoms with E-state index in [-0.39, 0.29) is 11.9 Å². The molecule has 1 rings (SSSR count). The van der Waals surface area contributed by atoms with E-state index in [0.717, 1.165) is 6.20 Å². The van der Waals surface area contributed by atoms with Crippen molar-refractivity contribution in [3.05, 3.63) is 29.8 Å². The molecule has 0 amide bonds. The summed E-state index contributed by atoms with van der Waals surface area (Å²) >= 11 is 0. The Kier molecular flexibility index (Phi) is 2.78. The van der Waals surface area contributed by atoms with E-state index in [1.165, 1.54) is 12.3 Å². The average molecular weight is 164 g/mol. The summed E-state index contributed by atoms with van der Waals surface area (Å²) in [6.07, 6.45) is 8.10. The maximum atomic E-state index is 12.6. The highest BCUT2D eigenvalue weighted by Gasteiger charge is 2.04. The van der Waals surface area contributed by atoms with Gasteiger partial charge in [-0.15, -0.1) is 12.3 Å². The second-order valence-electron chi connectivity index (χ2n) is 2.45. The highest BCUT2D eigenvalue weighted by atomic mass is 19.1. The van der Waals surface area contributed by atoms with Gasteiger partial charge in [0.2, 0.25) is 0 Å². The molecule has 2 N–H and O–H groups in total. The molecule has 0 saturated carbocycles. The first-order chi connectivity index (χ1) is 5.74. The molecule has 12 heavy (non-hydrogen) atoms. The lowest BCUT2D eigenvalue weighted by Crippen LogP contribution is -2.09. The molecule has 1 heterocycles. The summed E-state index contributed by atoms with van der Waals surface area (Å²) in [6, 6.07) is 1.02. The molecular formula is C9H9FN2. The first-order valence-electron chi connectivity index (χ1n) is 3.53. The van der Waals surface area contributed by atoms with E-state index < -0.39 is 0 Å². The van der Waals surface area contributed by atoms with Gasteiger partial charge >= 0.3 is 0 Å². The zero-order valence-corrected chi connectivity index (χ0v) is 6.50. The Labute approximate surface area is 70.6 Å². The van der Waals surface area contributed by atoms with Crippen LogP contribution in [0, 0.1) is 18.2 Å². The number of aromatic nitrogens is 1. The van der Waals surface area contributed by atoms with Crippen molar-refractivity contribution in [2.75, 3.05) is 0 Å². The Bertz CT molecular complexity index is 304. The molecule has 0 aliphatic rings. The average Bonchev–Trinajstić information content (AvgIpc) is 2.05. The van der Waals surface area contributed by atoms with Crippen LogP contribution in [0.1, 0.15) is 18.0 Å². The first-order valence-corrected chi connectivity index (χ1v) is 3.53. The molecule has 1 atom stereocenters. The molecule has 0 saturated heterocycles. The molecule has 0 spiro atoms. The van der Waals surface area contributed by atoms with Crippen LogP contribution in [0.15, 0.2) is 18.5 Å². The lowest BCUT2D eigenvalue weighted by atomic mass is 10.1. The summed E-state index contributed by atoms with van der Waals surface area (Å²) in [4.78, 5) is 3.66. The minimum Gasteiger partial charge on any atom is -0.323 e. The van der Waals surface area contributed by atoms with Crippen molar-refractivity contribution in [2.45, 2.75) is 12.5 Å². The maximum absolute atomic E-state index is 12.6. The van der Waals surface area contributed by atoms with Gasteiger partial charge < -0.3 is 5.73 Å². The number of nitrogens with two attached hydrogens (primary N) is 1. The molecule has 1 unspecified atom stereocenters.